The second-order valence-corrected chi connectivity index (χ2v) is 8.19. The summed E-state index contributed by atoms with van der Waals surface area (Å²) in [6.45, 7) is 5.18. The molecule has 0 aliphatic carbocycles. The summed E-state index contributed by atoms with van der Waals surface area (Å²) >= 11 is 0. The molecule has 2 bridgehead atoms. The molecule has 2 aliphatic heterocycles. The molecule has 0 aromatic carbocycles. The van der Waals surface area contributed by atoms with Gasteiger partial charge in [-0.05, 0) is 26.8 Å². The number of oxazole rings is 1. The first-order valence-electron chi connectivity index (χ1n) is 8.30. The van der Waals surface area contributed by atoms with E-state index in [-0.39, 0.29) is 19.0 Å². The number of fused-ring (bicyclic) bond motifs is 2. The summed E-state index contributed by atoms with van der Waals surface area (Å²) in [7, 11) is -4.89. The van der Waals surface area contributed by atoms with E-state index in [1.165, 1.54) is 17.4 Å². The van der Waals surface area contributed by atoms with Crippen molar-refractivity contribution in [2.45, 2.75) is 38.5 Å². The molecule has 1 fully saturated rings. The number of hydrogen-bond donors (Lipinski definition) is 2. The van der Waals surface area contributed by atoms with Gasteiger partial charge in [0.2, 0.25) is 5.89 Å². The van der Waals surface area contributed by atoms with Gasteiger partial charge in [-0.1, -0.05) is 0 Å². The van der Waals surface area contributed by atoms with E-state index >= 15 is 0 Å². The quantitative estimate of drug-likeness (QED) is 0.664. The summed E-state index contributed by atoms with van der Waals surface area (Å²) in [4.78, 5) is 29.9. The van der Waals surface area contributed by atoms with Gasteiger partial charge in [0.1, 0.15) is 11.9 Å². The smallest absolute Gasteiger partial charge is 0.418 e. The molecule has 154 valence electrons. The monoisotopic (exact) mass is 416 g/mol. The van der Waals surface area contributed by atoms with Crippen molar-refractivity contribution in [3.63, 3.8) is 0 Å². The van der Waals surface area contributed by atoms with Crippen LogP contribution in [0.4, 0.5) is 9.59 Å². The molecule has 0 radical (unpaired) electrons. The van der Waals surface area contributed by atoms with Crippen LogP contribution in [0.2, 0.25) is 0 Å². The van der Waals surface area contributed by atoms with E-state index in [0.29, 0.717) is 10.6 Å². The number of ether oxygens (including phenoxy) is 1. The molecule has 2 aliphatic rings. The number of carbonyl (C=O) groups excluding carboxylic acids is 2. The second-order valence-electron chi connectivity index (χ2n) is 7.19. The van der Waals surface area contributed by atoms with Crippen molar-refractivity contribution in [3.8, 4) is 0 Å². The zero-order valence-electron chi connectivity index (χ0n) is 15.4. The number of amides is 3. The molecule has 0 saturated carbocycles. The van der Waals surface area contributed by atoms with Gasteiger partial charge >= 0.3 is 22.5 Å². The molecule has 13 heteroatoms. The lowest BCUT2D eigenvalue weighted by atomic mass is 9.99. The molecular weight excluding hydrogens is 396 g/mol. The van der Waals surface area contributed by atoms with E-state index < -0.39 is 40.2 Å². The zero-order valence-corrected chi connectivity index (χ0v) is 16.2. The summed E-state index contributed by atoms with van der Waals surface area (Å²) in [5.74, 6) is 0.201. The minimum atomic E-state index is -4.89. The number of nitrogens with one attached hydrogen (secondary N) is 1. The number of hydrogen-bond acceptors (Lipinski definition) is 8. The first-order chi connectivity index (χ1) is 12.9. The molecule has 12 nitrogen and oxygen atoms in total. The second kappa shape index (κ2) is 7.07. The van der Waals surface area contributed by atoms with Crippen molar-refractivity contribution in [1.29, 1.82) is 0 Å². The number of rotatable bonds is 5. The van der Waals surface area contributed by atoms with Crippen LogP contribution in [-0.2, 0) is 19.4 Å². The van der Waals surface area contributed by atoms with Gasteiger partial charge in [-0.25, -0.2) is 14.6 Å². The Morgan fingerprint density at radius 3 is 2.75 bits per heavy atom. The predicted octanol–water partition coefficient (Wildman–Crippen LogP) is 0.806. The molecule has 1 saturated heterocycles. The molecule has 1 aromatic rings. The van der Waals surface area contributed by atoms with Crippen LogP contribution in [0.25, 0.3) is 5.57 Å². The largest absolute Gasteiger partial charge is 0.445 e. The van der Waals surface area contributed by atoms with Crippen molar-refractivity contribution in [2.24, 2.45) is 0 Å². The van der Waals surface area contributed by atoms with E-state index in [1.54, 1.807) is 26.8 Å². The fraction of sp³-hybridized carbons (Fsp3) is 0.533. The van der Waals surface area contributed by atoms with Gasteiger partial charge in [0.25, 0.3) is 0 Å². The topological polar surface area (TPSA) is 152 Å². The van der Waals surface area contributed by atoms with Gasteiger partial charge in [0.05, 0.1) is 18.3 Å². The first kappa shape index (κ1) is 20.1. The van der Waals surface area contributed by atoms with Crippen LogP contribution in [0.3, 0.4) is 0 Å². The molecule has 2 atom stereocenters. The summed E-state index contributed by atoms with van der Waals surface area (Å²) in [6, 6.07) is -2.31. The molecule has 1 aromatic heterocycles. The van der Waals surface area contributed by atoms with Crippen molar-refractivity contribution < 1.29 is 36.0 Å². The highest BCUT2D eigenvalue weighted by Crippen LogP contribution is 2.34. The Hall–Kier alpha value is -2.64. The Bertz CT molecular complexity index is 890. The Kier molecular flexibility index (Phi) is 5.08. The number of hydroxylamine groups is 2. The third-order valence-corrected chi connectivity index (χ3v) is 4.27. The average Bonchev–Trinajstić information content (AvgIpc) is 3.15. The van der Waals surface area contributed by atoms with E-state index in [4.69, 9.17) is 13.7 Å². The average molecular weight is 416 g/mol. The van der Waals surface area contributed by atoms with Gasteiger partial charge in [-0.15, -0.1) is 4.28 Å². The number of aromatic nitrogens is 1. The number of urea groups is 1. The van der Waals surface area contributed by atoms with Crippen LogP contribution in [0.1, 0.15) is 26.7 Å². The van der Waals surface area contributed by atoms with Gasteiger partial charge < -0.3 is 19.4 Å². The third kappa shape index (κ3) is 4.43. The van der Waals surface area contributed by atoms with Crippen LogP contribution in [0.5, 0.6) is 0 Å². The first-order valence-corrected chi connectivity index (χ1v) is 9.66. The van der Waals surface area contributed by atoms with Crippen LogP contribution in [0, 0.1) is 0 Å². The molecule has 28 heavy (non-hydrogen) atoms. The summed E-state index contributed by atoms with van der Waals surface area (Å²) in [5, 5.41) is 3.12. The molecule has 2 N–H and O–H groups in total. The maximum Gasteiger partial charge on any atom is 0.418 e. The molecule has 0 spiro atoms. The van der Waals surface area contributed by atoms with E-state index in [1.807, 2.05) is 0 Å². The minimum Gasteiger partial charge on any atom is -0.445 e. The molecule has 3 amide bonds. The van der Waals surface area contributed by atoms with Crippen molar-refractivity contribution in [1.82, 2.24) is 20.3 Å². The van der Waals surface area contributed by atoms with Crippen LogP contribution in [0.15, 0.2) is 23.0 Å². The summed E-state index contributed by atoms with van der Waals surface area (Å²) in [5.41, 5.74) is -0.251. The van der Waals surface area contributed by atoms with E-state index in [0.717, 1.165) is 0 Å². The van der Waals surface area contributed by atoms with E-state index in [2.05, 4.69) is 14.6 Å². The summed E-state index contributed by atoms with van der Waals surface area (Å²) < 4.78 is 45.9. The Morgan fingerprint density at radius 2 is 2.18 bits per heavy atom. The molecule has 3 heterocycles. The molecule has 3 rings (SSSR count). The third-order valence-electron chi connectivity index (χ3n) is 3.92. The fourth-order valence-corrected chi connectivity index (χ4v) is 3.35. The van der Waals surface area contributed by atoms with Crippen LogP contribution >= 0.6 is 0 Å². The normalized spacial score (nSPS) is 22.3. The van der Waals surface area contributed by atoms with Crippen molar-refractivity contribution >= 4 is 28.1 Å². The van der Waals surface area contributed by atoms with Crippen LogP contribution < -0.4 is 5.32 Å². The number of nitrogens with zero attached hydrogens (tertiary/aromatic N) is 3. The van der Waals surface area contributed by atoms with Crippen molar-refractivity contribution in [2.75, 3.05) is 13.1 Å². The Labute approximate surface area is 161 Å². The summed E-state index contributed by atoms with van der Waals surface area (Å²) in [6.07, 6.45) is 3.61. The molecular formula is C15H20N4O8S. The Morgan fingerprint density at radius 1 is 1.46 bits per heavy atom. The predicted molar refractivity (Wildman–Crippen MR) is 92.9 cm³/mol. The molecule has 0 unspecified atom stereocenters. The highest BCUT2D eigenvalue weighted by Gasteiger charge is 2.48. The van der Waals surface area contributed by atoms with Gasteiger partial charge in [-0.3, -0.25) is 4.55 Å². The lowest BCUT2D eigenvalue weighted by Gasteiger charge is -2.30. The lowest BCUT2D eigenvalue weighted by Crippen LogP contribution is -2.48. The SMILES string of the molecule is CC(C)(C)OC(=O)NC[C@@H]1C(c2ncco2)=C[C@@H]2CN1C(=O)N2OS(=O)(=O)O. The highest BCUT2D eigenvalue weighted by atomic mass is 32.3. The Balaban J connectivity index is 1.84. The number of carbonyl (C=O) groups is 2. The van der Waals surface area contributed by atoms with E-state index in [9.17, 15) is 18.0 Å². The van der Waals surface area contributed by atoms with Crippen LogP contribution in [-0.4, -0.2) is 70.8 Å². The highest BCUT2D eigenvalue weighted by molar-refractivity contribution is 7.80. The zero-order chi connectivity index (χ0) is 20.7. The minimum absolute atomic E-state index is 0.0404. The van der Waals surface area contributed by atoms with Gasteiger partial charge in [0.15, 0.2) is 0 Å². The standard InChI is InChI=1S/C15H20N4O8S/c1-15(2,3)26-13(20)17-7-11-10(12-16-4-5-25-12)6-9-8-18(11)14(21)19(9)27-28(22,23)24/h4-6,9,11H,7-8H2,1-3H3,(H,17,20)(H,22,23,24)/t9-,11-/m1/s1. The lowest BCUT2D eigenvalue weighted by molar-refractivity contribution is -0.0185. The number of alkyl carbamates (subject to hydrolysis) is 1. The maximum absolute atomic E-state index is 12.6. The fourth-order valence-electron chi connectivity index (χ4n) is 2.97. The van der Waals surface area contributed by atoms with Gasteiger partial charge in [0, 0.05) is 18.7 Å². The maximum atomic E-state index is 12.6. The van der Waals surface area contributed by atoms with Gasteiger partial charge in [-0.2, -0.15) is 13.5 Å². The van der Waals surface area contributed by atoms with Crippen molar-refractivity contribution in [3.05, 3.63) is 24.4 Å².